The molecule has 1 N–H and O–H groups in total. The van der Waals surface area contributed by atoms with Gasteiger partial charge in [0.1, 0.15) is 11.4 Å². The van der Waals surface area contributed by atoms with Gasteiger partial charge in [0.25, 0.3) is 5.56 Å². The maximum absolute atomic E-state index is 12.6. The lowest BCUT2D eigenvalue weighted by molar-refractivity contribution is -0.116. The van der Waals surface area contributed by atoms with E-state index in [-0.39, 0.29) is 17.8 Å². The van der Waals surface area contributed by atoms with E-state index in [0.717, 1.165) is 22.6 Å². The van der Waals surface area contributed by atoms with Crippen molar-refractivity contribution in [1.82, 2.24) is 9.55 Å². The van der Waals surface area contributed by atoms with Crippen LogP contribution in [-0.2, 0) is 21.2 Å². The number of hydrogen-bond donors (Lipinski definition) is 1. The van der Waals surface area contributed by atoms with Crippen LogP contribution >= 0.6 is 11.3 Å². The average molecular weight is 427 g/mol. The number of fused-ring (bicyclic) bond motifs is 1. The Morgan fingerprint density at radius 2 is 1.89 bits per heavy atom. The van der Waals surface area contributed by atoms with Crippen molar-refractivity contribution in [2.24, 2.45) is 0 Å². The molecule has 0 aliphatic carbocycles. The van der Waals surface area contributed by atoms with Crippen molar-refractivity contribution in [3.05, 3.63) is 51.4 Å². The highest BCUT2D eigenvalue weighted by Crippen LogP contribution is 2.25. The Balaban J connectivity index is 1.78. The first-order valence-corrected chi connectivity index (χ1v) is 10.3. The zero-order chi connectivity index (χ0) is 20.6. The molecule has 0 aliphatic heterocycles. The largest absolute Gasteiger partial charge is 0.341 e. The molecule has 148 valence electrons. The molecule has 1 amide bonds. The summed E-state index contributed by atoms with van der Waals surface area (Å²) in [5, 5.41) is 2.96. The number of halogens is 2. The molecule has 0 saturated heterocycles. The number of hydrogen-bond acceptors (Lipinski definition) is 6. The summed E-state index contributed by atoms with van der Waals surface area (Å²) in [7, 11) is -4.70. The predicted octanol–water partition coefficient (Wildman–Crippen LogP) is 2.71. The highest BCUT2D eigenvalue weighted by molar-refractivity contribution is 7.91. The maximum atomic E-state index is 12.6. The predicted molar refractivity (Wildman–Crippen MR) is 102 cm³/mol. The van der Waals surface area contributed by atoms with Crippen LogP contribution in [-0.4, -0.2) is 29.6 Å². The van der Waals surface area contributed by atoms with Gasteiger partial charge in [-0.25, -0.2) is 13.4 Å². The van der Waals surface area contributed by atoms with Crippen LogP contribution < -0.4 is 10.9 Å². The van der Waals surface area contributed by atoms with Crippen molar-refractivity contribution in [1.29, 1.82) is 0 Å². The third kappa shape index (κ3) is 3.67. The number of aromatic nitrogens is 2. The third-order valence-corrected chi connectivity index (χ3v) is 6.68. The van der Waals surface area contributed by atoms with Gasteiger partial charge in [-0.15, -0.1) is 11.3 Å². The molecule has 0 saturated carbocycles. The first-order chi connectivity index (χ1) is 13.1. The number of aryl methyl sites for hydroxylation is 2. The molecule has 7 nitrogen and oxygen atoms in total. The van der Waals surface area contributed by atoms with Gasteiger partial charge in [0.15, 0.2) is 0 Å². The summed E-state index contributed by atoms with van der Waals surface area (Å²) in [5.41, 5.74) is 0.700. The molecular weight excluding hydrogens is 412 g/mol. The van der Waals surface area contributed by atoms with Crippen LogP contribution in [0.4, 0.5) is 14.5 Å². The van der Waals surface area contributed by atoms with Crippen LogP contribution in [0.1, 0.15) is 10.4 Å². The number of alkyl halides is 2. The fraction of sp³-hybridized carbons (Fsp3) is 0.235. The van der Waals surface area contributed by atoms with Gasteiger partial charge in [-0.3, -0.25) is 14.2 Å². The number of carbonyl (C=O) groups is 1. The average Bonchev–Trinajstić information content (AvgIpc) is 2.92. The Labute approximate surface area is 162 Å². The number of amides is 1. The van der Waals surface area contributed by atoms with Crippen LogP contribution in [0.5, 0.6) is 0 Å². The smallest absolute Gasteiger partial charge is 0.325 e. The lowest BCUT2D eigenvalue weighted by atomic mass is 10.2. The molecule has 3 rings (SSSR count). The normalized spacial score (nSPS) is 11.9. The summed E-state index contributed by atoms with van der Waals surface area (Å²) < 4.78 is 49.0. The van der Waals surface area contributed by atoms with Gasteiger partial charge in [-0.2, -0.15) is 8.78 Å². The van der Waals surface area contributed by atoms with Crippen LogP contribution in [0.2, 0.25) is 0 Å². The Kier molecular flexibility index (Phi) is 5.31. The Morgan fingerprint density at radius 3 is 2.50 bits per heavy atom. The summed E-state index contributed by atoms with van der Waals surface area (Å²) in [5.74, 6) is -4.07. The Hall–Kier alpha value is -2.66. The van der Waals surface area contributed by atoms with Gasteiger partial charge in [-0.05, 0) is 43.7 Å². The van der Waals surface area contributed by atoms with Gasteiger partial charge in [0.05, 0.1) is 16.6 Å². The van der Waals surface area contributed by atoms with Gasteiger partial charge in [0, 0.05) is 10.6 Å². The van der Waals surface area contributed by atoms with Crippen molar-refractivity contribution in [2.45, 2.75) is 31.0 Å². The van der Waals surface area contributed by atoms with E-state index in [9.17, 15) is 26.8 Å². The minimum absolute atomic E-state index is 0.211. The van der Waals surface area contributed by atoms with Crippen molar-refractivity contribution >= 4 is 43.0 Å². The van der Waals surface area contributed by atoms with Crippen molar-refractivity contribution in [3.63, 3.8) is 0 Å². The molecule has 0 spiro atoms. The minimum atomic E-state index is -4.70. The van der Waals surface area contributed by atoms with Crippen molar-refractivity contribution < 1.29 is 22.0 Å². The van der Waals surface area contributed by atoms with Gasteiger partial charge >= 0.3 is 5.76 Å². The Bertz CT molecular complexity index is 1220. The number of benzene rings is 1. The minimum Gasteiger partial charge on any atom is -0.325 e. The maximum Gasteiger partial charge on any atom is 0.341 e. The first-order valence-electron chi connectivity index (χ1n) is 7.98. The number of carbonyl (C=O) groups excluding carboxylic acids is 1. The van der Waals surface area contributed by atoms with E-state index in [2.05, 4.69) is 10.3 Å². The van der Waals surface area contributed by atoms with E-state index in [1.165, 1.54) is 34.4 Å². The van der Waals surface area contributed by atoms with Crippen molar-refractivity contribution in [3.8, 4) is 0 Å². The molecule has 0 fully saturated rings. The molecule has 0 aliphatic rings. The van der Waals surface area contributed by atoms with Gasteiger partial charge in [-0.1, -0.05) is 0 Å². The monoisotopic (exact) mass is 427 g/mol. The summed E-state index contributed by atoms with van der Waals surface area (Å²) in [6.07, 6.45) is 1.29. The standard InChI is InChI=1S/C17H15F2N3O4S2/c1-9-10(2)27-15-14(9)16(24)22(8-20-15)7-13(23)21-11-3-5-12(6-4-11)28(25,26)17(18)19/h3-6,8,17H,7H2,1-2H3,(H,21,23). The topological polar surface area (TPSA) is 98.1 Å². The number of nitrogens with one attached hydrogen (secondary N) is 1. The van der Waals surface area contributed by atoms with E-state index < -0.39 is 26.4 Å². The lowest BCUT2D eigenvalue weighted by Gasteiger charge is -2.08. The molecule has 0 radical (unpaired) electrons. The van der Waals surface area contributed by atoms with Gasteiger partial charge < -0.3 is 5.32 Å². The van der Waals surface area contributed by atoms with Crippen LogP contribution in [0.25, 0.3) is 10.2 Å². The second kappa shape index (κ2) is 7.40. The van der Waals surface area contributed by atoms with E-state index in [0.29, 0.717) is 10.2 Å². The lowest BCUT2D eigenvalue weighted by Crippen LogP contribution is -2.27. The second-order valence-corrected chi connectivity index (χ2v) is 9.14. The zero-order valence-corrected chi connectivity index (χ0v) is 16.4. The number of anilines is 1. The zero-order valence-electron chi connectivity index (χ0n) is 14.8. The molecule has 1 aromatic carbocycles. The number of sulfone groups is 1. The van der Waals surface area contributed by atoms with Crippen LogP contribution in [0.3, 0.4) is 0 Å². The first kappa shape index (κ1) is 20.1. The summed E-state index contributed by atoms with van der Waals surface area (Å²) in [4.78, 5) is 30.0. The van der Waals surface area contributed by atoms with Crippen LogP contribution in [0.15, 0.2) is 40.3 Å². The van der Waals surface area contributed by atoms with Gasteiger partial charge in [0.2, 0.25) is 15.7 Å². The van der Waals surface area contributed by atoms with E-state index in [4.69, 9.17) is 0 Å². The fourth-order valence-electron chi connectivity index (χ4n) is 2.57. The molecule has 0 bridgehead atoms. The third-order valence-electron chi connectivity index (χ3n) is 4.17. The SMILES string of the molecule is Cc1sc2ncn(CC(=O)Nc3ccc(S(=O)(=O)C(F)F)cc3)c(=O)c2c1C. The molecule has 2 heterocycles. The summed E-state index contributed by atoms with van der Waals surface area (Å²) in [6.45, 7) is 3.40. The fourth-order valence-corrected chi connectivity index (χ4v) is 4.28. The molecule has 28 heavy (non-hydrogen) atoms. The highest BCUT2D eigenvalue weighted by Gasteiger charge is 2.26. The molecule has 2 aromatic heterocycles. The molecule has 0 atom stereocenters. The van der Waals surface area contributed by atoms with E-state index in [1.54, 1.807) is 0 Å². The number of thiophene rings is 1. The van der Waals surface area contributed by atoms with Crippen molar-refractivity contribution in [2.75, 3.05) is 5.32 Å². The quantitative estimate of drug-likeness (QED) is 0.675. The summed E-state index contributed by atoms with van der Waals surface area (Å²) in [6, 6.07) is 4.36. The molecule has 3 aromatic rings. The van der Waals surface area contributed by atoms with E-state index >= 15 is 0 Å². The molecular formula is C17H15F2N3O4S2. The molecule has 0 unspecified atom stereocenters. The summed E-state index contributed by atoms with van der Waals surface area (Å²) >= 11 is 1.40. The highest BCUT2D eigenvalue weighted by atomic mass is 32.2. The number of rotatable bonds is 5. The second-order valence-electron chi connectivity index (χ2n) is 6.02. The molecule has 11 heteroatoms. The number of nitrogens with zero attached hydrogens (tertiary/aromatic N) is 2. The van der Waals surface area contributed by atoms with Crippen LogP contribution in [0, 0.1) is 13.8 Å². The van der Waals surface area contributed by atoms with E-state index in [1.807, 2.05) is 13.8 Å². The Morgan fingerprint density at radius 1 is 1.25 bits per heavy atom.